The van der Waals surface area contributed by atoms with E-state index in [0.29, 0.717) is 5.33 Å². The van der Waals surface area contributed by atoms with Crippen LogP contribution in [0.25, 0.3) is 21.7 Å². The number of rotatable bonds is 2. The number of Topliss-reactive ketones (excluding diaryl/α,β-unsaturated/α-hetero) is 1. The molecule has 22 heavy (non-hydrogen) atoms. The molecule has 0 N–H and O–H groups in total. The Morgan fingerprint density at radius 2 is 1.82 bits per heavy atom. The van der Waals surface area contributed by atoms with E-state index in [2.05, 4.69) is 54.9 Å². The van der Waals surface area contributed by atoms with E-state index >= 15 is 0 Å². The van der Waals surface area contributed by atoms with Gasteiger partial charge in [0.2, 0.25) is 0 Å². The molecule has 0 bridgehead atoms. The van der Waals surface area contributed by atoms with Crippen molar-refractivity contribution in [2.24, 2.45) is 0 Å². The lowest BCUT2D eigenvalue weighted by molar-refractivity contribution is 0.102. The second-order valence-corrected chi connectivity index (χ2v) is 7.11. The number of hydrogen-bond acceptors (Lipinski definition) is 2. The Morgan fingerprint density at radius 3 is 2.50 bits per heavy atom. The van der Waals surface area contributed by atoms with E-state index in [9.17, 15) is 4.79 Å². The van der Waals surface area contributed by atoms with Gasteiger partial charge in [0.15, 0.2) is 5.78 Å². The summed E-state index contributed by atoms with van der Waals surface area (Å²) in [4.78, 5) is 17.3. The van der Waals surface area contributed by atoms with Gasteiger partial charge in [-0.3, -0.25) is 9.78 Å². The summed E-state index contributed by atoms with van der Waals surface area (Å²) in [5, 5.41) is 3.49. The first kappa shape index (κ1) is 15.2. The molecule has 0 spiro atoms. The Labute approximate surface area is 138 Å². The van der Waals surface area contributed by atoms with Crippen molar-refractivity contribution < 1.29 is 4.79 Å². The standard InChI is InChI=1S/C19H18BrNO/c1-19(2,3)17-10-15(16(22)11-20)14-9-8-12-6-4-5-7-13(12)18(14)21-17/h4-10H,11H2,1-3H3. The number of carbonyl (C=O) groups excluding carboxylic acids is 1. The summed E-state index contributed by atoms with van der Waals surface area (Å²) >= 11 is 3.29. The molecule has 0 aliphatic carbocycles. The first-order valence-corrected chi connectivity index (χ1v) is 8.46. The number of ketones is 1. The minimum atomic E-state index is -0.105. The van der Waals surface area contributed by atoms with Crippen molar-refractivity contribution in [3.63, 3.8) is 0 Å². The summed E-state index contributed by atoms with van der Waals surface area (Å²) in [7, 11) is 0. The van der Waals surface area contributed by atoms with Crippen LogP contribution in [0.1, 0.15) is 36.8 Å². The molecule has 3 heteroatoms. The minimum Gasteiger partial charge on any atom is -0.293 e. The van der Waals surface area contributed by atoms with Gasteiger partial charge in [-0.05, 0) is 11.5 Å². The molecule has 0 amide bonds. The zero-order valence-electron chi connectivity index (χ0n) is 13.0. The van der Waals surface area contributed by atoms with Crippen LogP contribution >= 0.6 is 15.9 Å². The van der Waals surface area contributed by atoms with Crippen LogP contribution in [0.2, 0.25) is 0 Å². The van der Waals surface area contributed by atoms with E-state index < -0.39 is 0 Å². The maximum Gasteiger partial charge on any atom is 0.174 e. The molecule has 0 aliphatic rings. The molecule has 0 saturated carbocycles. The van der Waals surface area contributed by atoms with Crippen molar-refractivity contribution in [3.05, 3.63) is 53.7 Å². The fourth-order valence-corrected chi connectivity index (χ4v) is 2.95. The largest absolute Gasteiger partial charge is 0.293 e. The van der Waals surface area contributed by atoms with Crippen molar-refractivity contribution >= 4 is 43.4 Å². The molecule has 1 aromatic heterocycles. The lowest BCUT2D eigenvalue weighted by Gasteiger charge is -2.20. The van der Waals surface area contributed by atoms with Crippen LogP contribution in [0.3, 0.4) is 0 Å². The normalized spacial score (nSPS) is 12.0. The number of nitrogens with zero attached hydrogens (tertiary/aromatic N) is 1. The van der Waals surface area contributed by atoms with Gasteiger partial charge in [-0.25, -0.2) is 0 Å². The number of benzene rings is 2. The predicted octanol–water partition coefficient (Wildman–Crippen LogP) is 5.26. The molecular formula is C19H18BrNO. The van der Waals surface area contributed by atoms with Gasteiger partial charge in [0.05, 0.1) is 10.8 Å². The van der Waals surface area contributed by atoms with Crippen LogP contribution in [-0.4, -0.2) is 16.1 Å². The van der Waals surface area contributed by atoms with Gasteiger partial charge in [-0.15, -0.1) is 0 Å². The molecule has 0 aliphatic heterocycles. The highest BCUT2D eigenvalue weighted by Gasteiger charge is 2.20. The number of fused-ring (bicyclic) bond motifs is 3. The third kappa shape index (κ3) is 2.54. The van der Waals surface area contributed by atoms with Crippen LogP contribution < -0.4 is 0 Å². The van der Waals surface area contributed by atoms with E-state index in [1.807, 2.05) is 24.3 Å². The number of halogens is 1. The Kier molecular flexibility index (Phi) is 3.77. The first-order chi connectivity index (χ1) is 10.4. The zero-order valence-corrected chi connectivity index (χ0v) is 14.6. The number of carbonyl (C=O) groups is 1. The van der Waals surface area contributed by atoms with Gasteiger partial charge < -0.3 is 0 Å². The highest BCUT2D eigenvalue weighted by atomic mass is 79.9. The number of alkyl halides is 1. The Hall–Kier alpha value is -1.74. The van der Waals surface area contributed by atoms with Crippen molar-refractivity contribution in [1.82, 2.24) is 4.98 Å². The molecule has 0 unspecified atom stereocenters. The Balaban J connectivity index is 2.47. The molecule has 2 nitrogen and oxygen atoms in total. The molecule has 3 aromatic rings. The highest BCUT2D eigenvalue weighted by Crippen LogP contribution is 2.31. The number of pyridine rings is 1. The first-order valence-electron chi connectivity index (χ1n) is 7.34. The van der Waals surface area contributed by atoms with Gasteiger partial charge in [-0.1, -0.05) is 73.1 Å². The van der Waals surface area contributed by atoms with Gasteiger partial charge in [-0.2, -0.15) is 0 Å². The summed E-state index contributed by atoms with van der Waals surface area (Å²) < 4.78 is 0. The average Bonchev–Trinajstić information content (AvgIpc) is 2.52. The second-order valence-electron chi connectivity index (χ2n) is 6.54. The quantitative estimate of drug-likeness (QED) is 0.356. The van der Waals surface area contributed by atoms with Crippen molar-refractivity contribution in [1.29, 1.82) is 0 Å². The third-order valence-electron chi connectivity index (χ3n) is 3.89. The van der Waals surface area contributed by atoms with Gasteiger partial charge >= 0.3 is 0 Å². The average molecular weight is 356 g/mol. The van der Waals surface area contributed by atoms with Gasteiger partial charge in [0, 0.05) is 27.4 Å². The molecule has 0 atom stereocenters. The monoisotopic (exact) mass is 355 g/mol. The fraction of sp³-hybridized carbons (Fsp3) is 0.263. The topological polar surface area (TPSA) is 30.0 Å². The molecule has 112 valence electrons. The van der Waals surface area contributed by atoms with Crippen molar-refractivity contribution in [2.75, 3.05) is 5.33 Å². The van der Waals surface area contributed by atoms with Crippen LogP contribution in [-0.2, 0) is 5.41 Å². The number of aromatic nitrogens is 1. The smallest absolute Gasteiger partial charge is 0.174 e. The number of hydrogen-bond donors (Lipinski definition) is 0. The van der Waals surface area contributed by atoms with E-state index in [1.54, 1.807) is 0 Å². The highest BCUT2D eigenvalue weighted by molar-refractivity contribution is 9.09. The van der Waals surface area contributed by atoms with Crippen molar-refractivity contribution in [2.45, 2.75) is 26.2 Å². The predicted molar refractivity (Wildman–Crippen MR) is 96.1 cm³/mol. The van der Waals surface area contributed by atoms with Crippen LogP contribution in [0, 0.1) is 0 Å². The Bertz CT molecular complexity index is 878. The lowest BCUT2D eigenvalue weighted by Crippen LogP contribution is -2.15. The molecule has 3 rings (SSSR count). The maximum atomic E-state index is 12.4. The Morgan fingerprint density at radius 1 is 1.09 bits per heavy atom. The van der Waals surface area contributed by atoms with Gasteiger partial charge in [0.25, 0.3) is 0 Å². The molecular weight excluding hydrogens is 338 g/mol. The van der Waals surface area contributed by atoms with Crippen LogP contribution in [0.15, 0.2) is 42.5 Å². The minimum absolute atomic E-state index is 0.0909. The summed E-state index contributed by atoms with van der Waals surface area (Å²) in [5.41, 5.74) is 2.50. The van der Waals surface area contributed by atoms with E-state index in [4.69, 9.17) is 4.98 Å². The molecule has 1 heterocycles. The summed E-state index contributed by atoms with van der Waals surface area (Å²) in [6, 6.07) is 14.2. The molecule has 0 saturated heterocycles. The summed E-state index contributed by atoms with van der Waals surface area (Å²) in [6.45, 7) is 6.36. The van der Waals surface area contributed by atoms with E-state index in [1.165, 1.54) is 0 Å². The lowest BCUT2D eigenvalue weighted by atomic mass is 9.88. The summed E-state index contributed by atoms with van der Waals surface area (Å²) in [6.07, 6.45) is 0. The third-order valence-corrected chi connectivity index (χ3v) is 4.40. The van der Waals surface area contributed by atoms with Crippen LogP contribution in [0.4, 0.5) is 0 Å². The zero-order chi connectivity index (χ0) is 15.9. The SMILES string of the molecule is CC(C)(C)c1cc(C(=O)CBr)c2ccc3ccccc3c2n1. The molecule has 2 aromatic carbocycles. The fourth-order valence-electron chi connectivity index (χ4n) is 2.65. The van der Waals surface area contributed by atoms with Crippen molar-refractivity contribution in [3.8, 4) is 0 Å². The second kappa shape index (κ2) is 5.47. The molecule has 0 fully saturated rings. The summed E-state index contributed by atoms with van der Waals surface area (Å²) in [5.74, 6) is 0.0909. The van der Waals surface area contributed by atoms with Crippen LogP contribution in [0.5, 0.6) is 0 Å². The maximum absolute atomic E-state index is 12.4. The molecule has 0 radical (unpaired) electrons. The van der Waals surface area contributed by atoms with Gasteiger partial charge in [0.1, 0.15) is 0 Å². The van der Waals surface area contributed by atoms with E-state index in [0.717, 1.165) is 32.9 Å². The van der Waals surface area contributed by atoms with E-state index in [-0.39, 0.29) is 11.2 Å².